The molecule has 3 aromatic rings. The van der Waals surface area contributed by atoms with Gasteiger partial charge in [0.25, 0.3) is 0 Å². The summed E-state index contributed by atoms with van der Waals surface area (Å²) in [6.07, 6.45) is 0.753. The molecule has 0 saturated heterocycles. The van der Waals surface area contributed by atoms with E-state index < -0.39 is 0 Å². The van der Waals surface area contributed by atoms with Crippen molar-refractivity contribution in [2.75, 3.05) is 0 Å². The van der Waals surface area contributed by atoms with Crippen molar-refractivity contribution < 1.29 is 0 Å². The first-order chi connectivity index (χ1) is 8.65. The Hall–Kier alpha value is -0.970. The van der Waals surface area contributed by atoms with E-state index in [1.54, 1.807) is 22.7 Å². The van der Waals surface area contributed by atoms with Crippen molar-refractivity contribution >= 4 is 44.5 Å². The summed E-state index contributed by atoms with van der Waals surface area (Å²) in [6.45, 7) is 4.17. The van der Waals surface area contributed by atoms with Crippen LogP contribution in [0.25, 0.3) is 10.2 Å². The van der Waals surface area contributed by atoms with Gasteiger partial charge in [-0.2, -0.15) is 0 Å². The Morgan fingerprint density at radius 3 is 2.83 bits per heavy atom. The molecule has 0 aliphatic rings. The second-order valence-electron chi connectivity index (χ2n) is 4.15. The highest BCUT2D eigenvalue weighted by molar-refractivity contribution is 7.18. The molecule has 2 nitrogen and oxygen atoms in total. The highest BCUT2D eigenvalue weighted by atomic mass is 35.5. The second kappa shape index (κ2) is 4.61. The van der Waals surface area contributed by atoms with Gasteiger partial charge in [-0.25, -0.2) is 9.97 Å². The molecule has 92 valence electrons. The van der Waals surface area contributed by atoms with Crippen LogP contribution in [0.4, 0.5) is 0 Å². The van der Waals surface area contributed by atoms with Crippen LogP contribution >= 0.6 is 34.3 Å². The summed E-state index contributed by atoms with van der Waals surface area (Å²) in [7, 11) is 0. The molecule has 0 radical (unpaired) electrons. The van der Waals surface area contributed by atoms with Crippen LogP contribution in [0, 0.1) is 13.8 Å². The zero-order valence-corrected chi connectivity index (χ0v) is 12.4. The minimum absolute atomic E-state index is 0.577. The number of aryl methyl sites for hydroxylation is 2. The Bertz CT molecular complexity index is 701. The van der Waals surface area contributed by atoms with Gasteiger partial charge in [-0.3, -0.25) is 0 Å². The Labute approximate surface area is 118 Å². The van der Waals surface area contributed by atoms with Crippen molar-refractivity contribution in [3.05, 3.63) is 43.8 Å². The maximum absolute atomic E-state index is 6.28. The maximum atomic E-state index is 6.28. The number of fused-ring (bicyclic) bond motifs is 1. The van der Waals surface area contributed by atoms with Crippen molar-refractivity contribution in [3.8, 4) is 0 Å². The fourth-order valence-corrected chi connectivity index (χ4v) is 4.02. The van der Waals surface area contributed by atoms with Gasteiger partial charge in [0.2, 0.25) is 0 Å². The molecule has 3 heterocycles. The van der Waals surface area contributed by atoms with E-state index in [0.717, 1.165) is 22.5 Å². The minimum atomic E-state index is 0.577. The summed E-state index contributed by atoms with van der Waals surface area (Å²) in [6, 6.07) is 4.14. The molecule has 0 aromatic carbocycles. The molecular formula is C13H11ClN2S2. The minimum Gasteiger partial charge on any atom is -0.222 e. The number of nitrogens with zero attached hydrogens (tertiary/aromatic N) is 2. The molecule has 3 rings (SSSR count). The summed E-state index contributed by atoms with van der Waals surface area (Å²) >= 11 is 9.69. The normalized spacial score (nSPS) is 11.3. The van der Waals surface area contributed by atoms with Gasteiger partial charge in [0, 0.05) is 16.2 Å². The zero-order chi connectivity index (χ0) is 12.7. The van der Waals surface area contributed by atoms with Crippen LogP contribution in [0.3, 0.4) is 0 Å². The summed E-state index contributed by atoms with van der Waals surface area (Å²) in [5.41, 5.74) is 1.20. The van der Waals surface area contributed by atoms with E-state index in [9.17, 15) is 0 Å². The Morgan fingerprint density at radius 1 is 1.28 bits per heavy atom. The van der Waals surface area contributed by atoms with Gasteiger partial charge >= 0.3 is 0 Å². The van der Waals surface area contributed by atoms with Crippen LogP contribution in [0.15, 0.2) is 17.5 Å². The van der Waals surface area contributed by atoms with Gasteiger partial charge in [-0.05, 0) is 30.9 Å². The number of rotatable bonds is 2. The van der Waals surface area contributed by atoms with Gasteiger partial charge in [-0.15, -0.1) is 22.7 Å². The molecule has 0 N–H and O–H groups in total. The fraction of sp³-hybridized carbons (Fsp3) is 0.231. The topological polar surface area (TPSA) is 25.8 Å². The number of aromatic nitrogens is 2. The summed E-state index contributed by atoms with van der Waals surface area (Å²) < 4.78 is 0. The highest BCUT2D eigenvalue weighted by Gasteiger charge is 2.13. The first-order valence-electron chi connectivity index (χ1n) is 5.59. The Balaban J connectivity index is 2.10. The average molecular weight is 295 g/mol. The summed E-state index contributed by atoms with van der Waals surface area (Å²) in [4.78, 5) is 12.6. The molecule has 0 fully saturated rings. The second-order valence-corrected chi connectivity index (χ2v) is 6.74. The monoisotopic (exact) mass is 294 g/mol. The molecule has 0 aliphatic heterocycles. The fourth-order valence-electron chi connectivity index (χ4n) is 1.89. The molecule has 0 aliphatic carbocycles. The molecule has 0 unspecified atom stereocenters. The van der Waals surface area contributed by atoms with Crippen LogP contribution < -0.4 is 0 Å². The van der Waals surface area contributed by atoms with E-state index in [1.165, 1.54) is 15.3 Å². The van der Waals surface area contributed by atoms with Crippen LogP contribution in [0.1, 0.15) is 21.1 Å². The lowest BCUT2D eigenvalue weighted by atomic mass is 10.2. The molecule has 5 heteroatoms. The summed E-state index contributed by atoms with van der Waals surface area (Å²) in [5, 5.41) is 3.65. The third-order valence-corrected chi connectivity index (χ3v) is 5.19. The predicted molar refractivity (Wildman–Crippen MR) is 79.0 cm³/mol. The van der Waals surface area contributed by atoms with E-state index in [1.807, 2.05) is 6.07 Å². The van der Waals surface area contributed by atoms with Crippen LogP contribution in [-0.4, -0.2) is 9.97 Å². The Morgan fingerprint density at radius 2 is 2.11 bits per heavy atom. The van der Waals surface area contributed by atoms with Crippen molar-refractivity contribution in [2.45, 2.75) is 20.3 Å². The third-order valence-electron chi connectivity index (χ3n) is 2.94. The molecular weight excluding hydrogens is 284 g/mol. The number of halogens is 1. The van der Waals surface area contributed by atoms with Crippen molar-refractivity contribution in [1.82, 2.24) is 9.97 Å². The zero-order valence-electron chi connectivity index (χ0n) is 10.0. The first-order valence-corrected chi connectivity index (χ1v) is 7.67. The van der Waals surface area contributed by atoms with Gasteiger partial charge in [0.1, 0.15) is 15.8 Å². The quantitative estimate of drug-likeness (QED) is 0.645. The molecule has 0 atom stereocenters. The largest absolute Gasteiger partial charge is 0.222 e. The standard InChI is InChI=1S/C13H11ClN2S2/c1-7-8(2)18-13-11(7)12(14)15-10(16-13)6-9-4-3-5-17-9/h3-5H,6H2,1-2H3. The van der Waals surface area contributed by atoms with Crippen LogP contribution in [-0.2, 0) is 6.42 Å². The van der Waals surface area contributed by atoms with E-state index in [0.29, 0.717) is 5.15 Å². The summed E-state index contributed by atoms with van der Waals surface area (Å²) in [5.74, 6) is 0.802. The third kappa shape index (κ3) is 2.05. The van der Waals surface area contributed by atoms with Gasteiger partial charge < -0.3 is 0 Å². The van der Waals surface area contributed by atoms with Crippen LogP contribution in [0.2, 0.25) is 5.15 Å². The van der Waals surface area contributed by atoms with E-state index in [2.05, 4.69) is 35.3 Å². The van der Waals surface area contributed by atoms with Crippen molar-refractivity contribution in [3.63, 3.8) is 0 Å². The molecule has 0 spiro atoms. The number of hydrogen-bond acceptors (Lipinski definition) is 4. The molecule has 0 amide bonds. The molecule has 0 saturated carbocycles. The average Bonchev–Trinajstić information content (AvgIpc) is 2.89. The smallest absolute Gasteiger partial charge is 0.141 e. The van der Waals surface area contributed by atoms with E-state index >= 15 is 0 Å². The highest BCUT2D eigenvalue weighted by Crippen LogP contribution is 2.33. The predicted octanol–water partition coefficient (Wildman–Crippen LogP) is 4.61. The van der Waals surface area contributed by atoms with E-state index in [4.69, 9.17) is 11.6 Å². The van der Waals surface area contributed by atoms with Gasteiger partial charge in [-0.1, -0.05) is 17.7 Å². The molecule has 18 heavy (non-hydrogen) atoms. The number of thiophene rings is 2. The lowest BCUT2D eigenvalue weighted by Crippen LogP contribution is -1.95. The molecule has 0 bridgehead atoms. The van der Waals surface area contributed by atoms with Gasteiger partial charge in [0.05, 0.1) is 5.39 Å². The maximum Gasteiger partial charge on any atom is 0.141 e. The lowest BCUT2D eigenvalue weighted by Gasteiger charge is -2.00. The lowest BCUT2D eigenvalue weighted by molar-refractivity contribution is 1.01. The molecule has 3 aromatic heterocycles. The Kier molecular flexibility index (Phi) is 3.09. The SMILES string of the molecule is Cc1sc2nc(Cc3cccs3)nc(Cl)c2c1C. The van der Waals surface area contributed by atoms with Crippen molar-refractivity contribution in [2.24, 2.45) is 0 Å². The number of hydrogen-bond donors (Lipinski definition) is 0. The van der Waals surface area contributed by atoms with Crippen LogP contribution in [0.5, 0.6) is 0 Å². The van der Waals surface area contributed by atoms with Gasteiger partial charge in [0.15, 0.2) is 0 Å². The van der Waals surface area contributed by atoms with Crippen molar-refractivity contribution in [1.29, 1.82) is 0 Å². The first kappa shape index (κ1) is 12.1. The van der Waals surface area contributed by atoms with E-state index in [-0.39, 0.29) is 0 Å².